The maximum atomic E-state index is 11.3. The number of ether oxygens (including phenoxy) is 1. The van der Waals surface area contributed by atoms with Crippen molar-refractivity contribution in [2.24, 2.45) is 0 Å². The van der Waals surface area contributed by atoms with Crippen LogP contribution in [-0.4, -0.2) is 29.3 Å². The first-order chi connectivity index (χ1) is 14.7. The van der Waals surface area contributed by atoms with Crippen LogP contribution < -0.4 is 0 Å². The number of rotatable bonds is 10. The molecule has 3 rings (SSSR count). The van der Waals surface area contributed by atoms with Crippen molar-refractivity contribution >= 4 is 0 Å². The van der Waals surface area contributed by atoms with Crippen molar-refractivity contribution in [2.75, 3.05) is 7.11 Å². The number of aliphatic hydroxyl groups is 1. The number of aliphatic hydroxyl groups excluding tert-OH is 1. The van der Waals surface area contributed by atoms with E-state index in [0.717, 1.165) is 5.56 Å². The minimum absolute atomic E-state index is 0.211. The van der Waals surface area contributed by atoms with Gasteiger partial charge in [-0.2, -0.15) is 0 Å². The fraction of sp³-hybridized carbons (Fsp3) is 0.222. The van der Waals surface area contributed by atoms with Gasteiger partial charge in [0.15, 0.2) is 5.76 Å². The van der Waals surface area contributed by atoms with Gasteiger partial charge in [0.05, 0.1) is 7.11 Å². The maximum absolute atomic E-state index is 11.3. The van der Waals surface area contributed by atoms with Gasteiger partial charge in [-0.25, -0.2) is 0 Å². The number of methoxy groups -OCH3 is 1. The Bertz CT molecular complexity index is 893. The van der Waals surface area contributed by atoms with Gasteiger partial charge in [0.2, 0.25) is 0 Å². The van der Waals surface area contributed by atoms with E-state index in [9.17, 15) is 5.11 Å². The van der Waals surface area contributed by atoms with E-state index in [0.29, 0.717) is 25.3 Å². The molecule has 2 atom stereocenters. The Hall–Kier alpha value is -3.10. The average Bonchev–Trinajstić information content (AvgIpc) is 2.80. The molecule has 0 aliphatic heterocycles. The van der Waals surface area contributed by atoms with Gasteiger partial charge in [0, 0.05) is 19.1 Å². The van der Waals surface area contributed by atoms with Crippen molar-refractivity contribution in [1.29, 1.82) is 0 Å². The largest absolute Gasteiger partial charge is 0.490 e. The Morgan fingerprint density at radius 2 is 1.27 bits per heavy atom. The Morgan fingerprint density at radius 3 is 1.67 bits per heavy atom. The van der Waals surface area contributed by atoms with Gasteiger partial charge in [0.25, 0.3) is 0 Å². The smallest absolute Gasteiger partial charge is 0.167 e. The number of hydrogen-bond donors (Lipinski definition) is 1. The third kappa shape index (κ3) is 5.95. The van der Waals surface area contributed by atoms with Crippen molar-refractivity contribution in [3.05, 3.63) is 126 Å². The first-order valence-corrected chi connectivity index (χ1v) is 10.2. The summed E-state index contributed by atoms with van der Waals surface area (Å²) in [4.78, 5) is 2.30. The second-order valence-electron chi connectivity index (χ2n) is 7.32. The fourth-order valence-corrected chi connectivity index (χ4v) is 3.69. The summed E-state index contributed by atoms with van der Waals surface area (Å²) in [5.74, 6) is 0.363. The summed E-state index contributed by atoms with van der Waals surface area (Å²) in [7, 11) is 1.55. The lowest BCUT2D eigenvalue weighted by atomic mass is 9.97. The van der Waals surface area contributed by atoms with Crippen LogP contribution in [0.3, 0.4) is 0 Å². The summed E-state index contributed by atoms with van der Waals surface area (Å²) in [5.41, 5.74) is 6.32. The van der Waals surface area contributed by atoms with E-state index < -0.39 is 6.10 Å². The van der Waals surface area contributed by atoms with Crippen molar-refractivity contribution in [3.8, 4) is 0 Å². The minimum atomic E-state index is -0.847. The van der Waals surface area contributed by atoms with Crippen molar-refractivity contribution in [1.82, 2.24) is 4.90 Å². The summed E-state index contributed by atoms with van der Waals surface area (Å²) < 4.78 is 5.40. The Balaban J connectivity index is 1.97. The molecule has 154 valence electrons. The van der Waals surface area contributed by atoms with E-state index >= 15 is 0 Å². The molecular weight excluding hydrogens is 370 g/mol. The molecule has 0 spiro atoms. The third-order valence-electron chi connectivity index (χ3n) is 5.24. The predicted molar refractivity (Wildman–Crippen MR) is 122 cm³/mol. The molecule has 3 heteroatoms. The molecule has 30 heavy (non-hydrogen) atoms. The number of hydrogen-bond acceptors (Lipinski definition) is 3. The topological polar surface area (TPSA) is 32.7 Å². The molecule has 3 aromatic rings. The highest BCUT2D eigenvalue weighted by atomic mass is 16.5. The fourth-order valence-electron chi connectivity index (χ4n) is 3.69. The van der Waals surface area contributed by atoms with Crippen LogP contribution in [0.15, 0.2) is 109 Å². The molecule has 0 radical (unpaired) electrons. The van der Waals surface area contributed by atoms with E-state index in [1.54, 1.807) is 7.11 Å². The average molecular weight is 400 g/mol. The highest BCUT2D eigenvalue weighted by Gasteiger charge is 2.30. The van der Waals surface area contributed by atoms with Crippen LogP contribution in [-0.2, 0) is 24.2 Å². The predicted octanol–water partition coefficient (Wildman–Crippen LogP) is 4.98. The zero-order chi connectivity index (χ0) is 21.2. The first-order valence-electron chi connectivity index (χ1n) is 10.2. The van der Waals surface area contributed by atoms with Gasteiger partial charge in [-0.05, 0) is 23.1 Å². The van der Waals surface area contributed by atoms with E-state index in [1.807, 2.05) is 54.6 Å². The van der Waals surface area contributed by atoms with Gasteiger partial charge in [-0.3, -0.25) is 4.90 Å². The lowest BCUT2D eigenvalue weighted by Gasteiger charge is -2.35. The Kier molecular flexibility index (Phi) is 8.05. The zero-order valence-electron chi connectivity index (χ0n) is 17.4. The summed E-state index contributed by atoms with van der Waals surface area (Å²) in [6.07, 6.45) is -0.170. The van der Waals surface area contributed by atoms with Gasteiger partial charge >= 0.3 is 0 Å². The molecule has 3 aromatic carbocycles. The second-order valence-corrected chi connectivity index (χ2v) is 7.32. The molecule has 0 bridgehead atoms. The Labute approximate surface area is 179 Å². The van der Waals surface area contributed by atoms with E-state index in [2.05, 4.69) is 53.6 Å². The molecule has 1 N–H and O–H groups in total. The molecule has 0 heterocycles. The minimum Gasteiger partial charge on any atom is -0.490 e. The lowest BCUT2D eigenvalue weighted by Crippen LogP contribution is -2.45. The van der Waals surface area contributed by atoms with E-state index in [4.69, 9.17) is 4.74 Å². The monoisotopic (exact) mass is 399 g/mol. The third-order valence-corrected chi connectivity index (χ3v) is 5.24. The van der Waals surface area contributed by atoms with Crippen LogP contribution in [0, 0.1) is 0 Å². The molecule has 0 aliphatic carbocycles. The van der Waals surface area contributed by atoms with Crippen molar-refractivity contribution in [2.45, 2.75) is 31.7 Å². The first kappa shape index (κ1) is 21.6. The summed E-state index contributed by atoms with van der Waals surface area (Å²) in [6.45, 7) is 5.12. The molecular formula is C27H29NO2. The second kappa shape index (κ2) is 11.2. The van der Waals surface area contributed by atoms with E-state index in [1.165, 1.54) is 11.1 Å². The van der Waals surface area contributed by atoms with E-state index in [-0.39, 0.29) is 6.04 Å². The normalized spacial score (nSPS) is 12.8. The van der Waals surface area contributed by atoms with Crippen LogP contribution in [0.1, 0.15) is 16.7 Å². The van der Waals surface area contributed by atoms with Gasteiger partial charge in [0.1, 0.15) is 6.10 Å². The molecule has 3 nitrogen and oxygen atoms in total. The SMILES string of the molecule is C=C=C(OC)[C@H](O)[C@H](Cc1ccccc1)N(Cc1ccccc1)Cc1ccccc1. The van der Waals surface area contributed by atoms with Crippen LogP contribution in [0.4, 0.5) is 0 Å². The standard InChI is InChI=1S/C27H29NO2/c1-3-26(30-2)27(29)25(19-22-13-7-4-8-14-22)28(20-23-15-9-5-10-16-23)21-24-17-11-6-12-18-24/h4-18,25,27,29H,1,19-21H2,2H3/t25-,27+/m0/s1. The molecule has 0 saturated heterocycles. The van der Waals surface area contributed by atoms with Crippen molar-refractivity contribution < 1.29 is 9.84 Å². The van der Waals surface area contributed by atoms with Crippen LogP contribution in [0.5, 0.6) is 0 Å². The van der Waals surface area contributed by atoms with Crippen LogP contribution in [0.2, 0.25) is 0 Å². The van der Waals surface area contributed by atoms with Gasteiger partial charge in [-0.1, -0.05) is 103 Å². The highest BCUT2D eigenvalue weighted by molar-refractivity contribution is 5.21. The Morgan fingerprint density at radius 1 is 0.833 bits per heavy atom. The highest BCUT2D eigenvalue weighted by Crippen LogP contribution is 2.22. The summed E-state index contributed by atoms with van der Waals surface area (Å²) >= 11 is 0. The maximum Gasteiger partial charge on any atom is 0.167 e. The zero-order valence-corrected chi connectivity index (χ0v) is 17.4. The van der Waals surface area contributed by atoms with Gasteiger partial charge < -0.3 is 9.84 Å². The van der Waals surface area contributed by atoms with Gasteiger partial charge in [-0.15, -0.1) is 0 Å². The lowest BCUT2D eigenvalue weighted by molar-refractivity contribution is 0.0286. The van der Waals surface area contributed by atoms with Crippen LogP contribution >= 0.6 is 0 Å². The van der Waals surface area contributed by atoms with Crippen molar-refractivity contribution in [3.63, 3.8) is 0 Å². The molecule has 0 amide bonds. The molecule has 0 unspecified atom stereocenters. The summed E-state index contributed by atoms with van der Waals surface area (Å²) in [6, 6.07) is 30.7. The molecule has 0 aromatic heterocycles. The van der Waals surface area contributed by atoms with Crippen LogP contribution in [0.25, 0.3) is 0 Å². The number of benzene rings is 3. The molecule has 0 fully saturated rings. The summed E-state index contributed by atoms with van der Waals surface area (Å²) in [5, 5.41) is 11.3. The number of nitrogens with zero attached hydrogens (tertiary/aromatic N) is 1. The quantitative estimate of drug-likeness (QED) is 0.386. The molecule has 0 saturated carbocycles. The molecule has 0 aliphatic rings.